The summed E-state index contributed by atoms with van der Waals surface area (Å²) in [6, 6.07) is 0. The Morgan fingerprint density at radius 3 is 3.08 bits per heavy atom. The number of fused-ring (bicyclic) bond motifs is 1. The molecule has 0 radical (unpaired) electrons. The number of carbonyl (C=O) groups excluding carboxylic acids is 2. The molecule has 0 N–H and O–H groups in total. The van der Waals surface area contributed by atoms with Crippen LogP contribution in [0.25, 0.3) is 0 Å². The number of β-lactam (4-membered cyclic amide) rings is 1. The molecule has 72 valence electrons. The summed E-state index contributed by atoms with van der Waals surface area (Å²) in [6.45, 7) is 2.57. The first-order valence-electron chi connectivity index (χ1n) is 4.25. The largest absolute Gasteiger partial charge is 0.465 e. The van der Waals surface area contributed by atoms with Gasteiger partial charge >= 0.3 is 5.97 Å². The van der Waals surface area contributed by atoms with Gasteiger partial charge in [0.15, 0.2) is 0 Å². The summed E-state index contributed by atoms with van der Waals surface area (Å²) in [7, 11) is 0. The van der Waals surface area contributed by atoms with E-state index in [1.807, 2.05) is 4.90 Å². The number of hydrogen-bond acceptors (Lipinski definition) is 4. The van der Waals surface area contributed by atoms with Crippen molar-refractivity contribution in [3.8, 4) is 0 Å². The van der Waals surface area contributed by atoms with E-state index in [9.17, 15) is 9.59 Å². The zero-order valence-corrected chi connectivity index (χ0v) is 8.17. The summed E-state index contributed by atoms with van der Waals surface area (Å²) in [5.74, 6) is -0.0241. The summed E-state index contributed by atoms with van der Waals surface area (Å²) in [5.41, 5.74) is 0. The SMILES string of the molecule is CC(=O)OCC1CN2C(=O)C[C@H]2S1. The van der Waals surface area contributed by atoms with Crippen molar-refractivity contribution in [1.29, 1.82) is 0 Å². The molecule has 0 bridgehead atoms. The van der Waals surface area contributed by atoms with Crippen LogP contribution in [0.5, 0.6) is 0 Å². The van der Waals surface area contributed by atoms with E-state index in [1.54, 1.807) is 11.8 Å². The van der Waals surface area contributed by atoms with Crippen LogP contribution in [0.4, 0.5) is 0 Å². The second-order valence-corrected chi connectivity index (χ2v) is 4.75. The molecule has 2 fully saturated rings. The van der Waals surface area contributed by atoms with Gasteiger partial charge in [-0.3, -0.25) is 9.59 Å². The van der Waals surface area contributed by atoms with Gasteiger partial charge in [0.2, 0.25) is 5.91 Å². The van der Waals surface area contributed by atoms with Gasteiger partial charge in [0.25, 0.3) is 0 Å². The van der Waals surface area contributed by atoms with Crippen molar-refractivity contribution in [3.63, 3.8) is 0 Å². The van der Waals surface area contributed by atoms with Crippen molar-refractivity contribution < 1.29 is 14.3 Å². The van der Waals surface area contributed by atoms with Crippen LogP contribution in [0.3, 0.4) is 0 Å². The molecule has 5 heteroatoms. The molecule has 0 aromatic rings. The first-order valence-corrected chi connectivity index (χ1v) is 5.19. The Balaban J connectivity index is 1.78. The monoisotopic (exact) mass is 201 g/mol. The van der Waals surface area contributed by atoms with Crippen molar-refractivity contribution in [1.82, 2.24) is 4.90 Å². The molecule has 0 aromatic carbocycles. The van der Waals surface area contributed by atoms with Crippen LogP contribution in [0.15, 0.2) is 0 Å². The summed E-state index contributed by atoms with van der Waals surface area (Å²) < 4.78 is 4.89. The van der Waals surface area contributed by atoms with Crippen molar-refractivity contribution in [2.75, 3.05) is 13.2 Å². The second-order valence-electron chi connectivity index (χ2n) is 3.27. The standard InChI is InChI=1S/C8H11NO3S/c1-5(10)12-4-6-3-9-7(11)2-8(9)13-6/h6,8H,2-4H2,1H3/t6?,8-/m1/s1. The number of carbonyl (C=O) groups is 2. The second kappa shape index (κ2) is 3.21. The number of esters is 1. The molecule has 0 saturated carbocycles. The average molecular weight is 201 g/mol. The molecule has 2 rings (SSSR count). The third-order valence-corrected chi connectivity index (χ3v) is 3.64. The Morgan fingerprint density at radius 1 is 1.77 bits per heavy atom. The van der Waals surface area contributed by atoms with Crippen LogP contribution in [-0.4, -0.2) is 40.6 Å². The van der Waals surface area contributed by atoms with Gasteiger partial charge in [-0.1, -0.05) is 0 Å². The number of rotatable bonds is 2. The zero-order valence-electron chi connectivity index (χ0n) is 7.36. The van der Waals surface area contributed by atoms with Gasteiger partial charge in [0.05, 0.1) is 17.0 Å². The average Bonchev–Trinajstić information content (AvgIpc) is 2.39. The molecule has 13 heavy (non-hydrogen) atoms. The first kappa shape index (κ1) is 8.87. The fourth-order valence-corrected chi connectivity index (χ4v) is 2.98. The van der Waals surface area contributed by atoms with E-state index in [2.05, 4.69) is 0 Å². The molecule has 2 atom stereocenters. The van der Waals surface area contributed by atoms with Crippen LogP contribution >= 0.6 is 11.8 Å². The van der Waals surface area contributed by atoms with Crippen LogP contribution in [0.1, 0.15) is 13.3 Å². The van der Waals surface area contributed by atoms with Gasteiger partial charge in [0.1, 0.15) is 6.61 Å². The molecular formula is C8H11NO3S. The highest BCUT2D eigenvalue weighted by Crippen LogP contribution is 2.39. The Hall–Kier alpha value is -0.710. The van der Waals surface area contributed by atoms with Crippen molar-refractivity contribution in [3.05, 3.63) is 0 Å². The van der Waals surface area contributed by atoms with E-state index in [0.717, 1.165) is 6.54 Å². The number of thioether (sulfide) groups is 1. The maximum absolute atomic E-state index is 11.0. The van der Waals surface area contributed by atoms with Gasteiger partial charge in [0, 0.05) is 13.5 Å². The molecule has 0 aromatic heterocycles. The molecule has 2 heterocycles. The topological polar surface area (TPSA) is 46.6 Å². The van der Waals surface area contributed by atoms with Gasteiger partial charge < -0.3 is 9.64 Å². The fraction of sp³-hybridized carbons (Fsp3) is 0.750. The minimum Gasteiger partial charge on any atom is -0.465 e. The molecule has 2 saturated heterocycles. The maximum Gasteiger partial charge on any atom is 0.302 e. The predicted molar refractivity (Wildman–Crippen MR) is 48.1 cm³/mol. The lowest BCUT2D eigenvalue weighted by atomic mass is 10.2. The van der Waals surface area contributed by atoms with E-state index in [-0.39, 0.29) is 17.1 Å². The van der Waals surface area contributed by atoms with E-state index in [1.165, 1.54) is 6.92 Å². The Morgan fingerprint density at radius 2 is 2.54 bits per heavy atom. The lowest BCUT2D eigenvalue weighted by molar-refractivity contribution is -0.141. The summed E-state index contributed by atoms with van der Waals surface area (Å²) >= 11 is 1.73. The normalized spacial score (nSPS) is 31.2. The molecule has 0 aliphatic carbocycles. The third kappa shape index (κ3) is 1.65. The number of amides is 1. The van der Waals surface area contributed by atoms with Crippen molar-refractivity contribution >= 4 is 23.6 Å². The van der Waals surface area contributed by atoms with Crippen LogP contribution in [-0.2, 0) is 14.3 Å². The van der Waals surface area contributed by atoms with Crippen molar-refractivity contribution in [2.45, 2.75) is 24.0 Å². The van der Waals surface area contributed by atoms with Crippen molar-refractivity contribution in [2.24, 2.45) is 0 Å². The zero-order chi connectivity index (χ0) is 9.42. The molecule has 0 spiro atoms. The summed E-state index contributed by atoms with van der Waals surface area (Å²) in [6.07, 6.45) is 0.654. The lowest BCUT2D eigenvalue weighted by Crippen LogP contribution is -2.47. The maximum atomic E-state index is 11.0. The molecule has 1 amide bonds. The van der Waals surface area contributed by atoms with E-state index >= 15 is 0 Å². The highest BCUT2D eigenvalue weighted by Gasteiger charge is 2.44. The molecule has 2 aliphatic rings. The highest BCUT2D eigenvalue weighted by molar-refractivity contribution is 8.00. The Labute approximate surface area is 80.6 Å². The van der Waals surface area contributed by atoms with Gasteiger partial charge in [-0.05, 0) is 0 Å². The third-order valence-electron chi connectivity index (χ3n) is 2.24. The fourth-order valence-electron chi connectivity index (χ4n) is 1.55. The van der Waals surface area contributed by atoms with Crippen LogP contribution < -0.4 is 0 Å². The molecule has 4 nitrogen and oxygen atoms in total. The minimum atomic E-state index is -0.249. The molecule has 1 unspecified atom stereocenters. The lowest BCUT2D eigenvalue weighted by Gasteiger charge is -2.32. The Kier molecular flexibility index (Phi) is 2.19. The van der Waals surface area contributed by atoms with E-state index in [4.69, 9.17) is 4.74 Å². The van der Waals surface area contributed by atoms with Gasteiger partial charge in [-0.2, -0.15) is 0 Å². The first-order chi connectivity index (χ1) is 6.16. The van der Waals surface area contributed by atoms with E-state index in [0.29, 0.717) is 18.4 Å². The predicted octanol–water partition coefficient (Wildman–Crippen LogP) is 0.223. The van der Waals surface area contributed by atoms with Gasteiger partial charge in [-0.15, -0.1) is 11.8 Å². The number of hydrogen-bond donors (Lipinski definition) is 0. The summed E-state index contributed by atoms with van der Waals surface area (Å²) in [5, 5.41) is 0.633. The number of ether oxygens (including phenoxy) is 1. The van der Waals surface area contributed by atoms with Crippen LogP contribution in [0, 0.1) is 0 Å². The molecular weight excluding hydrogens is 190 g/mol. The Bertz CT molecular complexity index is 256. The van der Waals surface area contributed by atoms with E-state index < -0.39 is 0 Å². The van der Waals surface area contributed by atoms with Crippen LogP contribution in [0.2, 0.25) is 0 Å². The quantitative estimate of drug-likeness (QED) is 0.474. The summed E-state index contributed by atoms with van der Waals surface area (Å²) in [4.78, 5) is 23.4. The minimum absolute atomic E-state index is 0.225. The number of nitrogens with zero attached hydrogens (tertiary/aromatic N) is 1. The highest BCUT2D eigenvalue weighted by atomic mass is 32.2. The van der Waals surface area contributed by atoms with Gasteiger partial charge in [-0.25, -0.2) is 0 Å². The molecule has 2 aliphatic heterocycles. The smallest absolute Gasteiger partial charge is 0.302 e.